The molecule has 1 atom stereocenters. The lowest BCUT2D eigenvalue weighted by molar-refractivity contribution is -0.135. The van der Waals surface area contributed by atoms with Crippen LogP contribution in [-0.4, -0.2) is 57.4 Å². The highest BCUT2D eigenvalue weighted by atomic mass is 16.2. The smallest absolute Gasteiger partial charge is 0.277 e. The number of hydrogen-bond acceptors (Lipinski definition) is 6. The lowest BCUT2D eigenvalue weighted by Crippen LogP contribution is -2.49. The van der Waals surface area contributed by atoms with E-state index in [0.29, 0.717) is 30.5 Å². The Labute approximate surface area is 162 Å². The standard InChI is InChI=1S/C19H26N6O3/c20-10-8-17(26)21-13-14-5-3-4-11-24(14)18(27)9-12-25-19(28)15-6-1-2-7-16(15)22-23-25/h1-2,6-7,14H,3-5,8-13,20H2,(H,21,26). The molecule has 1 aromatic carbocycles. The number of aryl methyl sites for hydroxylation is 1. The number of fused-ring (bicyclic) bond motifs is 1. The number of carbonyl (C=O) groups excluding carboxylic acids is 2. The normalized spacial score (nSPS) is 16.9. The lowest BCUT2D eigenvalue weighted by Gasteiger charge is -2.36. The van der Waals surface area contributed by atoms with Crippen molar-refractivity contribution in [3.05, 3.63) is 34.6 Å². The van der Waals surface area contributed by atoms with Gasteiger partial charge >= 0.3 is 0 Å². The molecule has 0 radical (unpaired) electrons. The Kier molecular flexibility index (Phi) is 6.70. The van der Waals surface area contributed by atoms with Crippen molar-refractivity contribution in [2.45, 2.75) is 44.7 Å². The monoisotopic (exact) mass is 386 g/mol. The molecule has 1 fully saturated rings. The molecule has 0 aliphatic carbocycles. The Morgan fingerprint density at radius 3 is 2.86 bits per heavy atom. The molecule has 1 aromatic heterocycles. The first-order valence-corrected chi connectivity index (χ1v) is 9.69. The number of aromatic nitrogens is 3. The highest BCUT2D eigenvalue weighted by Gasteiger charge is 2.26. The van der Waals surface area contributed by atoms with E-state index in [2.05, 4.69) is 15.6 Å². The average Bonchev–Trinajstić information content (AvgIpc) is 2.72. The number of benzene rings is 1. The number of piperidine rings is 1. The number of likely N-dealkylation sites (tertiary alicyclic amines) is 1. The summed E-state index contributed by atoms with van der Waals surface area (Å²) in [4.78, 5) is 38.7. The van der Waals surface area contributed by atoms with Crippen molar-refractivity contribution in [2.24, 2.45) is 5.73 Å². The van der Waals surface area contributed by atoms with Crippen LogP contribution in [0.3, 0.4) is 0 Å². The van der Waals surface area contributed by atoms with E-state index in [1.807, 2.05) is 4.90 Å². The van der Waals surface area contributed by atoms with Crippen molar-refractivity contribution >= 4 is 22.7 Å². The Morgan fingerprint density at radius 2 is 2.04 bits per heavy atom. The minimum Gasteiger partial charge on any atom is -0.354 e. The van der Waals surface area contributed by atoms with Gasteiger partial charge < -0.3 is 16.0 Å². The number of rotatable bonds is 7. The molecular formula is C19H26N6O3. The van der Waals surface area contributed by atoms with Crippen LogP contribution in [0.5, 0.6) is 0 Å². The molecule has 2 heterocycles. The van der Waals surface area contributed by atoms with E-state index < -0.39 is 0 Å². The molecular weight excluding hydrogens is 360 g/mol. The largest absolute Gasteiger partial charge is 0.354 e. The van der Waals surface area contributed by atoms with Crippen LogP contribution in [0.25, 0.3) is 10.9 Å². The molecule has 9 heteroatoms. The summed E-state index contributed by atoms with van der Waals surface area (Å²) in [6, 6.07) is 6.99. The van der Waals surface area contributed by atoms with Crippen LogP contribution in [0.2, 0.25) is 0 Å². The van der Waals surface area contributed by atoms with Crippen molar-refractivity contribution in [3.8, 4) is 0 Å². The predicted octanol–water partition coefficient (Wildman–Crippen LogP) is 0.0277. The summed E-state index contributed by atoms with van der Waals surface area (Å²) in [5.74, 6) is -0.141. The van der Waals surface area contributed by atoms with E-state index in [1.54, 1.807) is 24.3 Å². The SMILES string of the molecule is NCCC(=O)NCC1CCCCN1C(=O)CCn1nnc2ccccc2c1=O. The van der Waals surface area contributed by atoms with E-state index in [9.17, 15) is 14.4 Å². The zero-order chi connectivity index (χ0) is 19.9. The molecule has 1 saturated heterocycles. The first-order valence-electron chi connectivity index (χ1n) is 9.69. The van der Waals surface area contributed by atoms with Gasteiger partial charge in [0.25, 0.3) is 5.56 Å². The first kappa shape index (κ1) is 19.9. The average molecular weight is 386 g/mol. The third kappa shape index (κ3) is 4.72. The van der Waals surface area contributed by atoms with Crippen LogP contribution in [0.1, 0.15) is 32.1 Å². The van der Waals surface area contributed by atoms with Gasteiger partial charge in [0.2, 0.25) is 11.8 Å². The zero-order valence-corrected chi connectivity index (χ0v) is 15.8. The molecule has 3 rings (SSSR count). The van der Waals surface area contributed by atoms with E-state index in [0.717, 1.165) is 19.3 Å². The number of nitrogens with zero attached hydrogens (tertiary/aromatic N) is 4. The molecule has 1 aliphatic heterocycles. The van der Waals surface area contributed by atoms with Gasteiger partial charge in [-0.15, -0.1) is 5.10 Å². The zero-order valence-electron chi connectivity index (χ0n) is 15.8. The van der Waals surface area contributed by atoms with Gasteiger partial charge in [0.1, 0.15) is 5.52 Å². The fourth-order valence-corrected chi connectivity index (χ4v) is 3.51. The second-order valence-electron chi connectivity index (χ2n) is 6.96. The highest BCUT2D eigenvalue weighted by molar-refractivity contribution is 5.78. The number of hydrogen-bond donors (Lipinski definition) is 2. The Morgan fingerprint density at radius 1 is 1.21 bits per heavy atom. The van der Waals surface area contributed by atoms with Crippen LogP contribution in [0.15, 0.2) is 29.1 Å². The van der Waals surface area contributed by atoms with E-state index in [1.165, 1.54) is 4.68 Å². The van der Waals surface area contributed by atoms with Crippen LogP contribution in [0, 0.1) is 0 Å². The van der Waals surface area contributed by atoms with Crippen LogP contribution < -0.4 is 16.6 Å². The van der Waals surface area contributed by atoms with Gasteiger partial charge in [-0.2, -0.15) is 0 Å². The molecule has 0 saturated carbocycles. The fraction of sp³-hybridized carbons (Fsp3) is 0.526. The highest BCUT2D eigenvalue weighted by Crippen LogP contribution is 2.17. The van der Waals surface area contributed by atoms with E-state index in [-0.39, 0.29) is 42.8 Å². The van der Waals surface area contributed by atoms with Gasteiger partial charge in [0.05, 0.1) is 11.9 Å². The molecule has 2 amide bonds. The molecule has 1 unspecified atom stereocenters. The van der Waals surface area contributed by atoms with Crippen molar-refractivity contribution < 1.29 is 9.59 Å². The summed E-state index contributed by atoms with van der Waals surface area (Å²) in [7, 11) is 0. The molecule has 1 aliphatic rings. The van der Waals surface area contributed by atoms with Crippen LogP contribution >= 0.6 is 0 Å². The third-order valence-corrected chi connectivity index (χ3v) is 5.02. The van der Waals surface area contributed by atoms with Crippen molar-refractivity contribution in [1.82, 2.24) is 25.2 Å². The Hall–Kier alpha value is -2.81. The molecule has 28 heavy (non-hydrogen) atoms. The van der Waals surface area contributed by atoms with Crippen molar-refractivity contribution in [2.75, 3.05) is 19.6 Å². The summed E-state index contributed by atoms with van der Waals surface area (Å²) < 4.78 is 1.24. The Bertz CT molecular complexity index is 897. The summed E-state index contributed by atoms with van der Waals surface area (Å²) in [5.41, 5.74) is 5.68. The second-order valence-corrected chi connectivity index (χ2v) is 6.96. The Balaban J connectivity index is 1.62. The quantitative estimate of drug-likeness (QED) is 0.692. The van der Waals surface area contributed by atoms with Gasteiger partial charge in [-0.05, 0) is 31.4 Å². The maximum absolute atomic E-state index is 12.8. The maximum Gasteiger partial charge on any atom is 0.277 e. The summed E-state index contributed by atoms with van der Waals surface area (Å²) in [6.45, 7) is 1.58. The summed E-state index contributed by atoms with van der Waals surface area (Å²) in [5, 5.41) is 11.3. The fourth-order valence-electron chi connectivity index (χ4n) is 3.51. The number of nitrogens with two attached hydrogens (primary N) is 1. The predicted molar refractivity (Wildman–Crippen MR) is 104 cm³/mol. The van der Waals surface area contributed by atoms with Gasteiger partial charge in [0.15, 0.2) is 0 Å². The lowest BCUT2D eigenvalue weighted by atomic mass is 10.0. The topological polar surface area (TPSA) is 123 Å². The molecule has 150 valence electrons. The van der Waals surface area contributed by atoms with Crippen molar-refractivity contribution in [1.29, 1.82) is 0 Å². The first-order chi connectivity index (χ1) is 13.6. The van der Waals surface area contributed by atoms with Gasteiger partial charge in [0, 0.05) is 38.5 Å². The van der Waals surface area contributed by atoms with Gasteiger partial charge in [-0.1, -0.05) is 17.3 Å². The molecule has 0 spiro atoms. The second kappa shape index (κ2) is 9.41. The molecule has 3 N–H and O–H groups in total. The third-order valence-electron chi connectivity index (χ3n) is 5.02. The van der Waals surface area contributed by atoms with E-state index >= 15 is 0 Å². The van der Waals surface area contributed by atoms with Crippen LogP contribution in [0.4, 0.5) is 0 Å². The number of nitrogens with one attached hydrogen (secondary N) is 1. The molecule has 0 bridgehead atoms. The maximum atomic E-state index is 12.8. The minimum atomic E-state index is -0.248. The van der Waals surface area contributed by atoms with Crippen LogP contribution in [-0.2, 0) is 16.1 Å². The summed E-state index contributed by atoms with van der Waals surface area (Å²) >= 11 is 0. The number of carbonyl (C=O) groups is 2. The molecule has 9 nitrogen and oxygen atoms in total. The van der Waals surface area contributed by atoms with Crippen molar-refractivity contribution in [3.63, 3.8) is 0 Å². The minimum absolute atomic E-state index is 0.0256. The van der Waals surface area contributed by atoms with Gasteiger partial charge in [-0.25, -0.2) is 4.68 Å². The van der Waals surface area contributed by atoms with Gasteiger partial charge in [-0.3, -0.25) is 14.4 Å². The number of amides is 2. The van der Waals surface area contributed by atoms with E-state index in [4.69, 9.17) is 5.73 Å². The molecule has 2 aromatic rings. The summed E-state index contributed by atoms with van der Waals surface area (Å²) in [6.07, 6.45) is 3.26.